The van der Waals surface area contributed by atoms with Gasteiger partial charge in [-0.3, -0.25) is 4.57 Å². The molecule has 2 atom stereocenters. The molecule has 0 fully saturated rings. The van der Waals surface area contributed by atoms with E-state index in [9.17, 15) is 9.18 Å². The monoisotopic (exact) mass is 225 g/mol. The van der Waals surface area contributed by atoms with E-state index in [1.54, 1.807) is 0 Å². The first-order chi connectivity index (χ1) is 7.61. The number of anilines is 1. The molecular formula is C10H12FN3O2. The molecule has 1 aliphatic rings. The second-order valence-corrected chi connectivity index (χ2v) is 3.79. The molecule has 0 radical (unpaired) electrons. The molecular weight excluding hydrogens is 213 g/mol. The van der Waals surface area contributed by atoms with Gasteiger partial charge in [0.15, 0.2) is 0 Å². The summed E-state index contributed by atoms with van der Waals surface area (Å²) in [5.41, 5.74) is 4.76. The third kappa shape index (κ3) is 1.83. The first-order valence-electron chi connectivity index (χ1n) is 4.94. The lowest BCUT2D eigenvalue weighted by atomic mass is 10.1. The van der Waals surface area contributed by atoms with E-state index in [0.29, 0.717) is 6.42 Å². The maximum Gasteiger partial charge on any atom is 0.350 e. The number of allylic oxidation sites excluding steroid dienone is 1. The Morgan fingerprint density at radius 2 is 2.44 bits per heavy atom. The Morgan fingerprint density at radius 1 is 1.69 bits per heavy atom. The van der Waals surface area contributed by atoms with E-state index in [4.69, 9.17) is 10.8 Å². The lowest BCUT2D eigenvalue weighted by molar-refractivity contribution is 0.242. The fourth-order valence-electron chi connectivity index (χ4n) is 1.84. The summed E-state index contributed by atoms with van der Waals surface area (Å²) >= 11 is 0. The standard InChI is InChI=1S/C10H12FN3O2/c11-7-3-6(5-15)4-8(7)14-2-1-9(12)13-10(14)16/h1-3,6,8,15H,4-5H2,(H2,12,13,16)/t6-,8-/m1/s1. The van der Waals surface area contributed by atoms with E-state index in [0.717, 1.165) is 0 Å². The summed E-state index contributed by atoms with van der Waals surface area (Å²) in [5, 5.41) is 8.93. The molecule has 0 amide bonds. The molecule has 16 heavy (non-hydrogen) atoms. The zero-order valence-electron chi connectivity index (χ0n) is 8.51. The lowest BCUT2D eigenvalue weighted by Gasteiger charge is -2.13. The van der Waals surface area contributed by atoms with Crippen LogP contribution in [0.1, 0.15) is 12.5 Å². The maximum absolute atomic E-state index is 13.5. The van der Waals surface area contributed by atoms with Crippen molar-refractivity contribution in [3.05, 3.63) is 34.7 Å². The number of aliphatic hydroxyl groups excluding tert-OH is 1. The number of aromatic nitrogens is 2. The Bertz CT molecular complexity index is 483. The van der Waals surface area contributed by atoms with Crippen LogP contribution in [0.4, 0.5) is 10.2 Å². The predicted octanol–water partition coefficient (Wildman–Crippen LogP) is 0.232. The van der Waals surface area contributed by atoms with Crippen LogP contribution in [-0.4, -0.2) is 21.3 Å². The summed E-state index contributed by atoms with van der Waals surface area (Å²) in [7, 11) is 0. The minimum Gasteiger partial charge on any atom is -0.396 e. The van der Waals surface area contributed by atoms with E-state index in [2.05, 4.69) is 4.98 Å². The third-order valence-corrected chi connectivity index (χ3v) is 2.66. The highest BCUT2D eigenvalue weighted by molar-refractivity contribution is 5.24. The Hall–Kier alpha value is -1.69. The van der Waals surface area contributed by atoms with Gasteiger partial charge in [-0.05, 0) is 18.6 Å². The van der Waals surface area contributed by atoms with Gasteiger partial charge in [-0.25, -0.2) is 9.18 Å². The summed E-state index contributed by atoms with van der Waals surface area (Å²) in [4.78, 5) is 15.0. The van der Waals surface area contributed by atoms with Crippen molar-refractivity contribution >= 4 is 5.82 Å². The second kappa shape index (κ2) is 4.05. The van der Waals surface area contributed by atoms with Gasteiger partial charge in [0.1, 0.15) is 11.6 Å². The zero-order chi connectivity index (χ0) is 11.7. The molecule has 1 aromatic heterocycles. The number of halogens is 1. The van der Waals surface area contributed by atoms with Gasteiger partial charge in [-0.1, -0.05) is 0 Å². The van der Waals surface area contributed by atoms with Gasteiger partial charge in [0.2, 0.25) is 0 Å². The number of nitrogens with two attached hydrogens (primary N) is 1. The van der Waals surface area contributed by atoms with E-state index >= 15 is 0 Å². The summed E-state index contributed by atoms with van der Waals surface area (Å²) < 4.78 is 14.7. The van der Waals surface area contributed by atoms with Gasteiger partial charge in [-0.2, -0.15) is 4.98 Å². The average Bonchev–Trinajstić information content (AvgIpc) is 2.60. The van der Waals surface area contributed by atoms with E-state index in [-0.39, 0.29) is 18.3 Å². The van der Waals surface area contributed by atoms with Crippen LogP contribution >= 0.6 is 0 Å². The summed E-state index contributed by atoms with van der Waals surface area (Å²) in [5.74, 6) is -0.537. The Kier molecular flexibility index (Phi) is 2.74. The highest BCUT2D eigenvalue weighted by Gasteiger charge is 2.28. The minimum atomic E-state index is -0.669. The molecule has 0 saturated carbocycles. The first-order valence-corrected chi connectivity index (χ1v) is 4.94. The molecule has 0 bridgehead atoms. The van der Waals surface area contributed by atoms with Crippen molar-refractivity contribution in [2.45, 2.75) is 12.5 Å². The number of aliphatic hydroxyl groups is 1. The summed E-state index contributed by atoms with van der Waals surface area (Å²) in [6.45, 7) is -0.124. The number of hydrogen-bond acceptors (Lipinski definition) is 4. The number of nitrogens with zero attached hydrogens (tertiary/aromatic N) is 2. The normalized spacial score (nSPS) is 24.5. The van der Waals surface area contributed by atoms with Crippen molar-refractivity contribution in [1.82, 2.24) is 9.55 Å². The van der Waals surface area contributed by atoms with Crippen LogP contribution in [0.15, 0.2) is 29.0 Å². The Balaban J connectivity index is 2.33. The maximum atomic E-state index is 13.5. The molecule has 2 rings (SSSR count). The summed E-state index contributed by atoms with van der Waals surface area (Å²) in [6.07, 6.45) is 3.13. The van der Waals surface area contributed by atoms with Gasteiger partial charge in [-0.15, -0.1) is 0 Å². The number of nitrogen functional groups attached to an aromatic ring is 1. The van der Waals surface area contributed by atoms with E-state index < -0.39 is 17.6 Å². The number of rotatable bonds is 2. The Morgan fingerprint density at radius 3 is 3.00 bits per heavy atom. The van der Waals surface area contributed by atoms with Crippen molar-refractivity contribution in [2.75, 3.05) is 12.3 Å². The lowest BCUT2D eigenvalue weighted by Crippen LogP contribution is -2.27. The molecule has 1 aliphatic carbocycles. The van der Waals surface area contributed by atoms with Crippen molar-refractivity contribution in [3.63, 3.8) is 0 Å². The molecule has 3 N–H and O–H groups in total. The molecule has 1 aromatic rings. The first kappa shape index (κ1) is 10.8. The topological polar surface area (TPSA) is 81.1 Å². The third-order valence-electron chi connectivity index (χ3n) is 2.66. The van der Waals surface area contributed by atoms with E-state index in [1.165, 1.54) is 22.9 Å². The van der Waals surface area contributed by atoms with Crippen LogP contribution in [0.5, 0.6) is 0 Å². The fraction of sp³-hybridized carbons (Fsp3) is 0.400. The molecule has 6 heteroatoms. The van der Waals surface area contributed by atoms with Crippen LogP contribution in [0, 0.1) is 5.92 Å². The van der Waals surface area contributed by atoms with Crippen molar-refractivity contribution in [1.29, 1.82) is 0 Å². The SMILES string of the molecule is Nc1ccn([C@@H]2C[C@H](CO)C=C2F)c(=O)n1. The molecule has 0 saturated heterocycles. The van der Waals surface area contributed by atoms with Crippen molar-refractivity contribution in [3.8, 4) is 0 Å². The van der Waals surface area contributed by atoms with Crippen LogP contribution in [0.2, 0.25) is 0 Å². The molecule has 86 valence electrons. The van der Waals surface area contributed by atoms with Crippen LogP contribution in [-0.2, 0) is 0 Å². The van der Waals surface area contributed by atoms with Crippen LogP contribution < -0.4 is 11.4 Å². The summed E-state index contributed by atoms with van der Waals surface area (Å²) in [6, 6.07) is 0.777. The van der Waals surface area contributed by atoms with Gasteiger partial charge >= 0.3 is 5.69 Å². The van der Waals surface area contributed by atoms with Crippen LogP contribution in [0.3, 0.4) is 0 Å². The molecule has 0 aliphatic heterocycles. The minimum absolute atomic E-state index is 0.113. The van der Waals surface area contributed by atoms with Crippen molar-refractivity contribution < 1.29 is 9.50 Å². The van der Waals surface area contributed by atoms with Gasteiger partial charge in [0.05, 0.1) is 6.04 Å². The molecule has 0 spiro atoms. The van der Waals surface area contributed by atoms with Gasteiger partial charge in [0, 0.05) is 18.7 Å². The quantitative estimate of drug-likeness (QED) is 0.755. The molecule has 0 aromatic carbocycles. The number of hydrogen-bond donors (Lipinski definition) is 2. The second-order valence-electron chi connectivity index (χ2n) is 3.79. The Labute approximate surface area is 91.0 Å². The molecule has 0 unspecified atom stereocenters. The molecule has 5 nitrogen and oxygen atoms in total. The largest absolute Gasteiger partial charge is 0.396 e. The highest BCUT2D eigenvalue weighted by atomic mass is 19.1. The predicted molar refractivity (Wildman–Crippen MR) is 56.3 cm³/mol. The van der Waals surface area contributed by atoms with Gasteiger partial charge in [0.25, 0.3) is 0 Å². The van der Waals surface area contributed by atoms with Crippen molar-refractivity contribution in [2.24, 2.45) is 5.92 Å². The average molecular weight is 225 g/mol. The zero-order valence-corrected chi connectivity index (χ0v) is 8.51. The highest BCUT2D eigenvalue weighted by Crippen LogP contribution is 2.33. The molecule has 1 heterocycles. The smallest absolute Gasteiger partial charge is 0.350 e. The fourth-order valence-corrected chi connectivity index (χ4v) is 1.84. The van der Waals surface area contributed by atoms with E-state index in [1.807, 2.05) is 0 Å². The van der Waals surface area contributed by atoms with Crippen LogP contribution in [0.25, 0.3) is 0 Å². The van der Waals surface area contributed by atoms with Gasteiger partial charge < -0.3 is 10.8 Å².